The number of nitrogens with zero attached hydrogens (tertiary/aromatic N) is 1. The van der Waals surface area contributed by atoms with Gasteiger partial charge in [0.15, 0.2) is 16.6 Å². The Bertz CT molecular complexity index is 553. The van der Waals surface area contributed by atoms with E-state index in [4.69, 9.17) is 21.7 Å². The van der Waals surface area contributed by atoms with Crippen molar-refractivity contribution in [1.82, 2.24) is 10.2 Å². The molecule has 20 heavy (non-hydrogen) atoms. The first kappa shape index (κ1) is 14.3. The molecule has 2 rings (SSSR count). The zero-order chi connectivity index (χ0) is 14.7. The normalized spacial score (nSPS) is 15.1. The summed E-state index contributed by atoms with van der Waals surface area (Å²) in [6, 6.07) is 5.34. The van der Waals surface area contributed by atoms with Crippen molar-refractivity contribution < 1.29 is 19.1 Å². The number of carbonyl (C=O) groups excluding carboxylic acids is 2. The summed E-state index contributed by atoms with van der Waals surface area (Å²) >= 11 is 5.01. The van der Waals surface area contributed by atoms with Crippen LogP contribution < -0.4 is 14.8 Å². The van der Waals surface area contributed by atoms with Crippen molar-refractivity contribution in [2.75, 3.05) is 14.2 Å². The fourth-order valence-electron chi connectivity index (χ4n) is 1.90. The Balaban J connectivity index is 2.19. The molecule has 0 aromatic heterocycles. The highest BCUT2D eigenvalue weighted by Crippen LogP contribution is 2.28. The van der Waals surface area contributed by atoms with Crippen LogP contribution in [0.2, 0.25) is 0 Å². The van der Waals surface area contributed by atoms with E-state index < -0.39 is 0 Å². The van der Waals surface area contributed by atoms with Gasteiger partial charge in [0.2, 0.25) is 11.8 Å². The molecule has 0 aliphatic carbocycles. The molecule has 1 heterocycles. The van der Waals surface area contributed by atoms with E-state index in [0.717, 1.165) is 5.56 Å². The average Bonchev–Trinajstić information content (AvgIpc) is 2.42. The summed E-state index contributed by atoms with van der Waals surface area (Å²) in [5.74, 6) is 0.499. The molecule has 1 N–H and O–H groups in total. The summed E-state index contributed by atoms with van der Waals surface area (Å²) in [5.41, 5.74) is 0.828. The average molecular weight is 294 g/mol. The molecular weight excluding hydrogens is 280 g/mol. The van der Waals surface area contributed by atoms with Gasteiger partial charge in [-0.25, -0.2) is 0 Å². The van der Waals surface area contributed by atoms with E-state index in [1.807, 2.05) is 6.07 Å². The zero-order valence-corrected chi connectivity index (χ0v) is 12.0. The summed E-state index contributed by atoms with van der Waals surface area (Å²) in [6.45, 7) is 0.276. The highest BCUT2D eigenvalue weighted by atomic mass is 32.1. The summed E-state index contributed by atoms with van der Waals surface area (Å²) in [6.07, 6.45) is -0.187. The minimum Gasteiger partial charge on any atom is -0.493 e. The first-order valence-corrected chi connectivity index (χ1v) is 6.31. The predicted octanol–water partition coefficient (Wildman–Crippen LogP) is 0.837. The van der Waals surface area contributed by atoms with Crippen LogP contribution in [0.5, 0.6) is 11.5 Å². The fraction of sp³-hybridized carbons (Fsp3) is 0.308. The van der Waals surface area contributed by atoms with Crippen LogP contribution in [0.3, 0.4) is 0 Å². The molecular formula is C13H14N2O4S. The molecule has 0 saturated carbocycles. The van der Waals surface area contributed by atoms with Gasteiger partial charge in [0.25, 0.3) is 0 Å². The van der Waals surface area contributed by atoms with Crippen LogP contribution in [-0.2, 0) is 16.1 Å². The maximum atomic E-state index is 11.8. The molecule has 0 spiro atoms. The Labute approximate surface area is 121 Å². The van der Waals surface area contributed by atoms with Crippen LogP contribution in [0, 0.1) is 0 Å². The molecule has 1 aromatic rings. The molecule has 2 amide bonds. The molecule has 0 unspecified atom stereocenters. The summed E-state index contributed by atoms with van der Waals surface area (Å²) < 4.78 is 10.4. The number of ether oxygens (including phenoxy) is 2. The van der Waals surface area contributed by atoms with Crippen LogP contribution >= 0.6 is 12.2 Å². The smallest absolute Gasteiger partial charge is 0.238 e. The van der Waals surface area contributed by atoms with Gasteiger partial charge in [0.1, 0.15) is 6.42 Å². The molecule has 1 aliphatic rings. The van der Waals surface area contributed by atoms with Crippen molar-refractivity contribution in [3.05, 3.63) is 23.8 Å². The highest BCUT2D eigenvalue weighted by Gasteiger charge is 2.28. The first-order chi connectivity index (χ1) is 9.55. The van der Waals surface area contributed by atoms with Gasteiger partial charge >= 0.3 is 0 Å². The van der Waals surface area contributed by atoms with Crippen molar-refractivity contribution in [3.8, 4) is 11.5 Å². The second kappa shape index (κ2) is 5.87. The quantitative estimate of drug-likeness (QED) is 0.658. The fourth-order valence-corrected chi connectivity index (χ4v) is 2.18. The van der Waals surface area contributed by atoms with Crippen LogP contribution in [0.1, 0.15) is 12.0 Å². The lowest BCUT2D eigenvalue weighted by Crippen LogP contribution is -2.51. The molecule has 106 valence electrons. The lowest BCUT2D eigenvalue weighted by atomic mass is 10.1. The molecule has 6 nitrogen and oxygen atoms in total. The van der Waals surface area contributed by atoms with Gasteiger partial charge < -0.3 is 14.8 Å². The molecule has 1 saturated heterocycles. The van der Waals surface area contributed by atoms with Gasteiger partial charge in [-0.15, -0.1) is 0 Å². The van der Waals surface area contributed by atoms with E-state index >= 15 is 0 Å². The summed E-state index contributed by atoms with van der Waals surface area (Å²) in [7, 11) is 3.09. The molecule has 1 aliphatic heterocycles. The molecule has 0 bridgehead atoms. The SMILES string of the molecule is COc1ccc(CN2C(=O)CC(=O)NC2=S)cc1OC. The van der Waals surface area contributed by atoms with Crippen molar-refractivity contribution in [3.63, 3.8) is 0 Å². The number of amides is 2. The number of hydrogen-bond acceptors (Lipinski definition) is 5. The predicted molar refractivity (Wildman–Crippen MR) is 75.5 cm³/mol. The number of benzene rings is 1. The third-order valence-corrected chi connectivity index (χ3v) is 3.22. The van der Waals surface area contributed by atoms with E-state index in [9.17, 15) is 9.59 Å². The molecule has 1 aromatic carbocycles. The molecule has 1 fully saturated rings. The minimum absolute atomic E-state index is 0.126. The number of methoxy groups -OCH3 is 2. The number of nitrogens with one attached hydrogen (secondary N) is 1. The van der Waals surface area contributed by atoms with Crippen LogP contribution in [0.25, 0.3) is 0 Å². The lowest BCUT2D eigenvalue weighted by Gasteiger charge is -2.27. The van der Waals surface area contributed by atoms with Gasteiger partial charge in [0, 0.05) is 0 Å². The van der Waals surface area contributed by atoms with Crippen LogP contribution in [0.4, 0.5) is 0 Å². The van der Waals surface area contributed by atoms with E-state index in [1.54, 1.807) is 26.4 Å². The van der Waals surface area contributed by atoms with Crippen molar-refractivity contribution in [1.29, 1.82) is 0 Å². The minimum atomic E-state index is -0.372. The van der Waals surface area contributed by atoms with Crippen LogP contribution in [0.15, 0.2) is 18.2 Å². The highest BCUT2D eigenvalue weighted by molar-refractivity contribution is 7.80. The van der Waals surface area contributed by atoms with E-state index in [0.29, 0.717) is 11.5 Å². The summed E-state index contributed by atoms with van der Waals surface area (Å²) in [4.78, 5) is 24.4. The van der Waals surface area contributed by atoms with E-state index in [2.05, 4.69) is 5.32 Å². The maximum Gasteiger partial charge on any atom is 0.238 e. The van der Waals surface area contributed by atoms with Crippen LogP contribution in [-0.4, -0.2) is 36.0 Å². The monoisotopic (exact) mass is 294 g/mol. The van der Waals surface area contributed by atoms with E-state index in [1.165, 1.54) is 4.90 Å². The van der Waals surface area contributed by atoms with Gasteiger partial charge in [-0.05, 0) is 29.9 Å². The molecule has 0 atom stereocenters. The third-order valence-electron chi connectivity index (χ3n) is 2.89. The van der Waals surface area contributed by atoms with Gasteiger partial charge in [-0.2, -0.15) is 0 Å². The zero-order valence-electron chi connectivity index (χ0n) is 11.1. The lowest BCUT2D eigenvalue weighted by molar-refractivity contribution is -0.135. The summed E-state index contributed by atoms with van der Waals surface area (Å²) in [5, 5.41) is 2.60. The standard InChI is InChI=1S/C13H14N2O4S/c1-18-9-4-3-8(5-10(9)19-2)7-15-12(17)6-11(16)14-13(15)20/h3-5H,6-7H2,1-2H3,(H,14,16,20). The first-order valence-electron chi connectivity index (χ1n) is 5.90. The number of rotatable bonds is 4. The second-order valence-electron chi connectivity index (χ2n) is 4.20. The Morgan fingerprint density at radius 3 is 2.55 bits per heavy atom. The number of carbonyl (C=O) groups is 2. The number of hydrogen-bond donors (Lipinski definition) is 1. The van der Waals surface area contributed by atoms with Gasteiger partial charge in [-0.1, -0.05) is 6.07 Å². The Kier molecular flexibility index (Phi) is 4.19. The maximum absolute atomic E-state index is 11.8. The van der Waals surface area contributed by atoms with Crippen molar-refractivity contribution in [2.24, 2.45) is 0 Å². The van der Waals surface area contributed by atoms with Gasteiger partial charge in [0.05, 0.1) is 20.8 Å². The largest absolute Gasteiger partial charge is 0.493 e. The van der Waals surface area contributed by atoms with Gasteiger partial charge in [-0.3, -0.25) is 14.5 Å². The second-order valence-corrected chi connectivity index (χ2v) is 4.59. The molecule has 7 heteroatoms. The Hall–Kier alpha value is -2.15. The third kappa shape index (κ3) is 2.88. The number of thiocarbonyl (C=S) groups is 1. The Morgan fingerprint density at radius 2 is 1.95 bits per heavy atom. The topological polar surface area (TPSA) is 67.9 Å². The molecule has 0 radical (unpaired) electrons. The van der Waals surface area contributed by atoms with Crippen molar-refractivity contribution >= 4 is 29.1 Å². The Morgan fingerprint density at radius 1 is 1.25 bits per heavy atom. The van der Waals surface area contributed by atoms with E-state index in [-0.39, 0.29) is 29.9 Å². The van der Waals surface area contributed by atoms with Crippen molar-refractivity contribution in [2.45, 2.75) is 13.0 Å².